The highest BCUT2D eigenvalue weighted by molar-refractivity contribution is 4.82. The molecule has 0 aliphatic carbocycles. The Balaban J connectivity index is 2.30. The molecule has 0 aromatic heterocycles. The molecule has 1 fully saturated rings. The molecule has 1 aliphatic rings. The van der Waals surface area contributed by atoms with Crippen LogP contribution in [0.4, 0.5) is 0 Å². The van der Waals surface area contributed by atoms with Gasteiger partial charge in [0.2, 0.25) is 0 Å². The third-order valence-electron chi connectivity index (χ3n) is 3.95. The minimum atomic E-state index is 0.746. The number of nitrogens with zero attached hydrogens (tertiary/aromatic N) is 2. The number of rotatable bonds is 6. The van der Waals surface area contributed by atoms with Gasteiger partial charge in [-0.05, 0) is 46.8 Å². The summed E-state index contributed by atoms with van der Waals surface area (Å²) in [6.45, 7) is 9.57. The topological polar surface area (TPSA) is 18.5 Å². The molecule has 0 aromatic rings. The molecule has 2 unspecified atom stereocenters. The summed E-state index contributed by atoms with van der Waals surface area (Å²) in [5, 5.41) is 3.23. The molecular weight excluding hydrogens is 198 g/mol. The molecule has 1 heterocycles. The van der Waals surface area contributed by atoms with E-state index in [0.29, 0.717) is 0 Å². The molecule has 1 N–H and O–H groups in total. The highest BCUT2D eigenvalue weighted by atomic mass is 15.3. The number of hydrogen-bond acceptors (Lipinski definition) is 3. The largest absolute Gasteiger partial charge is 0.320 e. The van der Waals surface area contributed by atoms with E-state index in [1.54, 1.807) is 0 Å². The lowest BCUT2D eigenvalue weighted by molar-refractivity contribution is 0.0645. The van der Waals surface area contributed by atoms with Crippen LogP contribution in [0.5, 0.6) is 0 Å². The lowest BCUT2D eigenvalue weighted by Gasteiger charge is -2.42. The molecule has 0 aromatic carbocycles. The van der Waals surface area contributed by atoms with Crippen LogP contribution in [0.2, 0.25) is 0 Å². The molecule has 0 amide bonds. The van der Waals surface area contributed by atoms with Gasteiger partial charge in [0.05, 0.1) is 0 Å². The van der Waals surface area contributed by atoms with Gasteiger partial charge >= 0.3 is 0 Å². The van der Waals surface area contributed by atoms with E-state index in [1.807, 2.05) is 7.05 Å². The van der Waals surface area contributed by atoms with Crippen LogP contribution in [-0.4, -0.2) is 62.2 Å². The Labute approximate surface area is 101 Å². The average Bonchev–Trinajstić information content (AvgIpc) is 2.30. The van der Waals surface area contributed by atoms with Gasteiger partial charge in [0.15, 0.2) is 0 Å². The standard InChI is InChI=1S/C13H29N3/c1-5-13-11-16(10-9-15(13)4)12(2)7-6-8-14-3/h12-14H,5-11H2,1-4H3. The minimum Gasteiger partial charge on any atom is -0.320 e. The Kier molecular flexibility index (Phi) is 6.32. The first-order valence-corrected chi connectivity index (χ1v) is 6.78. The predicted molar refractivity (Wildman–Crippen MR) is 70.9 cm³/mol. The molecule has 3 heteroatoms. The van der Waals surface area contributed by atoms with Crippen LogP contribution in [-0.2, 0) is 0 Å². The van der Waals surface area contributed by atoms with Gasteiger partial charge in [-0.1, -0.05) is 6.92 Å². The van der Waals surface area contributed by atoms with Gasteiger partial charge in [0.25, 0.3) is 0 Å². The van der Waals surface area contributed by atoms with Gasteiger partial charge in [-0.25, -0.2) is 0 Å². The molecule has 1 aliphatic heterocycles. The van der Waals surface area contributed by atoms with Crippen LogP contribution in [0, 0.1) is 0 Å². The third kappa shape index (κ3) is 4.04. The van der Waals surface area contributed by atoms with Crippen LogP contribution in [0.25, 0.3) is 0 Å². The molecule has 0 radical (unpaired) electrons. The number of hydrogen-bond donors (Lipinski definition) is 1. The Morgan fingerprint density at radius 2 is 2.12 bits per heavy atom. The Morgan fingerprint density at radius 3 is 2.75 bits per heavy atom. The van der Waals surface area contributed by atoms with E-state index in [2.05, 4.69) is 36.0 Å². The molecule has 96 valence electrons. The molecule has 3 nitrogen and oxygen atoms in total. The van der Waals surface area contributed by atoms with Crippen molar-refractivity contribution in [3.05, 3.63) is 0 Å². The fraction of sp³-hybridized carbons (Fsp3) is 1.00. The average molecular weight is 227 g/mol. The van der Waals surface area contributed by atoms with Crippen molar-refractivity contribution in [2.45, 2.75) is 45.2 Å². The SMILES string of the molecule is CCC1CN(C(C)CCCNC)CCN1C. The van der Waals surface area contributed by atoms with Crippen molar-refractivity contribution in [1.82, 2.24) is 15.1 Å². The first kappa shape index (κ1) is 13.9. The lowest BCUT2D eigenvalue weighted by Crippen LogP contribution is -2.53. The smallest absolute Gasteiger partial charge is 0.0218 e. The van der Waals surface area contributed by atoms with Crippen LogP contribution in [0.1, 0.15) is 33.1 Å². The zero-order valence-corrected chi connectivity index (χ0v) is 11.5. The van der Waals surface area contributed by atoms with E-state index in [1.165, 1.54) is 38.9 Å². The van der Waals surface area contributed by atoms with Gasteiger partial charge < -0.3 is 10.2 Å². The predicted octanol–water partition coefficient (Wildman–Crippen LogP) is 1.40. The number of likely N-dealkylation sites (N-methyl/N-ethyl adjacent to an activating group) is 1. The van der Waals surface area contributed by atoms with E-state index in [9.17, 15) is 0 Å². The number of piperazine rings is 1. The second-order valence-corrected chi connectivity index (χ2v) is 5.13. The van der Waals surface area contributed by atoms with Crippen molar-refractivity contribution in [2.75, 3.05) is 40.3 Å². The zero-order valence-electron chi connectivity index (χ0n) is 11.5. The van der Waals surface area contributed by atoms with Crippen molar-refractivity contribution in [3.8, 4) is 0 Å². The molecule has 2 atom stereocenters. The van der Waals surface area contributed by atoms with Gasteiger partial charge in [-0.15, -0.1) is 0 Å². The first-order valence-electron chi connectivity index (χ1n) is 6.78. The summed E-state index contributed by atoms with van der Waals surface area (Å²) < 4.78 is 0. The lowest BCUT2D eigenvalue weighted by atomic mass is 10.1. The highest BCUT2D eigenvalue weighted by Gasteiger charge is 2.25. The van der Waals surface area contributed by atoms with Crippen LogP contribution >= 0.6 is 0 Å². The van der Waals surface area contributed by atoms with Crippen molar-refractivity contribution in [3.63, 3.8) is 0 Å². The molecule has 0 spiro atoms. The highest BCUT2D eigenvalue weighted by Crippen LogP contribution is 2.15. The third-order valence-corrected chi connectivity index (χ3v) is 3.95. The summed E-state index contributed by atoms with van der Waals surface area (Å²) in [6.07, 6.45) is 3.89. The number of nitrogens with one attached hydrogen (secondary N) is 1. The molecule has 0 saturated carbocycles. The maximum Gasteiger partial charge on any atom is 0.0218 e. The van der Waals surface area contributed by atoms with Crippen molar-refractivity contribution >= 4 is 0 Å². The summed E-state index contributed by atoms with van der Waals surface area (Å²) in [5.74, 6) is 0. The van der Waals surface area contributed by atoms with Gasteiger partial charge in [0.1, 0.15) is 0 Å². The second-order valence-electron chi connectivity index (χ2n) is 5.13. The maximum absolute atomic E-state index is 3.23. The van der Waals surface area contributed by atoms with Crippen molar-refractivity contribution in [1.29, 1.82) is 0 Å². The van der Waals surface area contributed by atoms with Crippen molar-refractivity contribution < 1.29 is 0 Å². The van der Waals surface area contributed by atoms with E-state index >= 15 is 0 Å². The molecule has 16 heavy (non-hydrogen) atoms. The fourth-order valence-corrected chi connectivity index (χ4v) is 2.57. The first-order chi connectivity index (χ1) is 7.69. The monoisotopic (exact) mass is 227 g/mol. The Hall–Kier alpha value is -0.120. The van der Waals surface area contributed by atoms with E-state index in [0.717, 1.165) is 18.6 Å². The summed E-state index contributed by atoms with van der Waals surface area (Å²) in [7, 11) is 4.30. The normalized spacial score (nSPS) is 25.9. The second kappa shape index (κ2) is 7.25. The Morgan fingerprint density at radius 1 is 1.38 bits per heavy atom. The van der Waals surface area contributed by atoms with Crippen LogP contribution in [0.3, 0.4) is 0 Å². The Bertz CT molecular complexity index is 184. The maximum atomic E-state index is 3.23. The van der Waals surface area contributed by atoms with Crippen molar-refractivity contribution in [2.24, 2.45) is 0 Å². The van der Waals surface area contributed by atoms with Crippen LogP contribution in [0.15, 0.2) is 0 Å². The fourth-order valence-electron chi connectivity index (χ4n) is 2.57. The summed E-state index contributed by atoms with van der Waals surface area (Å²) in [6, 6.07) is 1.51. The van der Waals surface area contributed by atoms with E-state index < -0.39 is 0 Å². The molecule has 0 bridgehead atoms. The summed E-state index contributed by atoms with van der Waals surface area (Å²) in [4.78, 5) is 5.18. The summed E-state index contributed by atoms with van der Waals surface area (Å²) >= 11 is 0. The van der Waals surface area contributed by atoms with Crippen LogP contribution < -0.4 is 5.32 Å². The molecule has 1 rings (SSSR count). The van der Waals surface area contributed by atoms with E-state index in [4.69, 9.17) is 0 Å². The van der Waals surface area contributed by atoms with Gasteiger partial charge in [-0.3, -0.25) is 4.90 Å². The quantitative estimate of drug-likeness (QED) is 0.692. The van der Waals surface area contributed by atoms with E-state index in [-0.39, 0.29) is 0 Å². The summed E-state index contributed by atoms with van der Waals surface area (Å²) in [5.41, 5.74) is 0. The minimum absolute atomic E-state index is 0.746. The van der Waals surface area contributed by atoms with Gasteiger partial charge in [-0.2, -0.15) is 0 Å². The molecule has 1 saturated heterocycles. The molecular formula is C13H29N3. The zero-order chi connectivity index (χ0) is 12.0. The van der Waals surface area contributed by atoms with Gasteiger partial charge in [0, 0.05) is 31.7 Å².